The van der Waals surface area contributed by atoms with Crippen LogP contribution in [0.25, 0.3) is 0 Å². The van der Waals surface area contributed by atoms with Crippen LogP contribution in [0.1, 0.15) is 0 Å². The number of hydrogen-bond donors (Lipinski definition) is 0. The molecule has 0 aliphatic rings. The zero-order valence-electron chi connectivity index (χ0n) is 15.3. The molecule has 21 heavy (non-hydrogen) atoms. The average Bonchev–Trinajstić information content (AvgIpc) is 2.20. The Balaban J connectivity index is 4.63. The molecule has 0 radical (unpaired) electrons. The lowest BCUT2D eigenvalue weighted by molar-refractivity contribution is -0.890. The first kappa shape index (κ1) is 21.0. The Bertz CT molecular complexity index is 334. The molecule has 0 rings (SSSR count). The van der Waals surface area contributed by atoms with Gasteiger partial charge in [0.2, 0.25) is 0 Å². The van der Waals surface area contributed by atoms with E-state index >= 15 is 0 Å². The summed E-state index contributed by atoms with van der Waals surface area (Å²) in [4.78, 5) is 0. The number of phosphoric ester groups is 1. The number of nitrogens with zero attached hydrogens (tertiary/aromatic N) is 3. The molecule has 0 N–H and O–H groups in total. The van der Waals surface area contributed by atoms with E-state index in [-0.39, 0.29) is 13.5 Å². The number of phosphoric acid groups is 1. The average molecular weight is 328 g/mol. The fraction of sp³-hybridized carbons (Fsp3) is 1.00. The van der Waals surface area contributed by atoms with Gasteiger partial charge in [-0.3, -0.25) is 4.52 Å². The standard InChI is InChI=1S/C13H35N3O4P/c1-14(2,3)10-11-18-21(17,19-12-15(4,5)6)20-13-16(7,8)9/h10-13H2,1-9H3/q+3. The van der Waals surface area contributed by atoms with Gasteiger partial charge in [-0.1, -0.05) is 0 Å². The first-order chi connectivity index (χ1) is 9.12. The van der Waals surface area contributed by atoms with Crippen molar-refractivity contribution in [2.75, 3.05) is 90.0 Å². The summed E-state index contributed by atoms with van der Waals surface area (Å²) in [5.41, 5.74) is 0. The van der Waals surface area contributed by atoms with Crippen LogP contribution in [0.5, 0.6) is 0 Å². The van der Waals surface area contributed by atoms with Crippen molar-refractivity contribution < 1.29 is 31.6 Å². The second kappa shape index (κ2) is 7.51. The van der Waals surface area contributed by atoms with E-state index in [0.717, 1.165) is 11.0 Å². The molecule has 0 bridgehead atoms. The van der Waals surface area contributed by atoms with Crippen molar-refractivity contribution >= 4 is 7.82 Å². The molecule has 8 heteroatoms. The third-order valence-corrected chi connectivity index (χ3v) is 3.58. The predicted molar refractivity (Wildman–Crippen MR) is 84.4 cm³/mol. The quantitative estimate of drug-likeness (QED) is 0.343. The minimum absolute atomic E-state index is 0.263. The molecule has 0 atom stereocenters. The van der Waals surface area contributed by atoms with E-state index in [4.69, 9.17) is 13.6 Å². The van der Waals surface area contributed by atoms with Crippen LogP contribution in [0.4, 0.5) is 0 Å². The highest BCUT2D eigenvalue weighted by Gasteiger charge is 2.32. The van der Waals surface area contributed by atoms with Crippen molar-refractivity contribution in [2.45, 2.75) is 0 Å². The highest BCUT2D eigenvalue weighted by atomic mass is 31.2. The van der Waals surface area contributed by atoms with Gasteiger partial charge in [0.1, 0.15) is 13.2 Å². The SMILES string of the molecule is C[N+](C)(C)CCOP(=O)(OC[N+](C)(C)C)OC[N+](C)(C)C. The molecule has 0 heterocycles. The van der Waals surface area contributed by atoms with Crippen LogP contribution in [-0.2, 0) is 18.1 Å². The molecule has 0 unspecified atom stereocenters. The minimum Gasteiger partial charge on any atom is -0.329 e. The molecule has 128 valence electrons. The fourth-order valence-electron chi connectivity index (χ4n) is 1.03. The summed E-state index contributed by atoms with van der Waals surface area (Å²) in [5.74, 6) is 0. The Morgan fingerprint density at radius 2 is 1.05 bits per heavy atom. The second-order valence-corrected chi connectivity index (χ2v) is 10.1. The number of quaternary nitrogens is 3. The van der Waals surface area contributed by atoms with Gasteiger partial charge < -0.3 is 13.4 Å². The third kappa shape index (κ3) is 13.4. The Labute approximate surface area is 130 Å². The van der Waals surface area contributed by atoms with Crippen molar-refractivity contribution in [3.05, 3.63) is 0 Å². The highest BCUT2D eigenvalue weighted by molar-refractivity contribution is 7.48. The van der Waals surface area contributed by atoms with E-state index in [1.807, 2.05) is 63.4 Å². The van der Waals surface area contributed by atoms with Crippen molar-refractivity contribution in [3.63, 3.8) is 0 Å². The first-order valence-electron chi connectivity index (χ1n) is 7.07. The largest absolute Gasteiger partial charge is 0.483 e. The van der Waals surface area contributed by atoms with Gasteiger partial charge in [0, 0.05) is 0 Å². The molecular formula is C13H35N3O4P+3. The lowest BCUT2D eigenvalue weighted by Gasteiger charge is -2.29. The van der Waals surface area contributed by atoms with E-state index in [0.29, 0.717) is 15.6 Å². The zero-order valence-corrected chi connectivity index (χ0v) is 16.1. The van der Waals surface area contributed by atoms with E-state index < -0.39 is 7.82 Å². The molecule has 0 aliphatic carbocycles. The maximum atomic E-state index is 12.7. The minimum atomic E-state index is -3.54. The number of rotatable bonds is 10. The smallest absolute Gasteiger partial charge is 0.329 e. The van der Waals surface area contributed by atoms with Crippen molar-refractivity contribution in [1.29, 1.82) is 0 Å². The van der Waals surface area contributed by atoms with Gasteiger partial charge in [-0.2, -0.15) is 0 Å². The van der Waals surface area contributed by atoms with Crippen LogP contribution in [0.2, 0.25) is 0 Å². The van der Waals surface area contributed by atoms with Gasteiger partial charge in [-0.05, 0) is 0 Å². The van der Waals surface area contributed by atoms with Gasteiger partial charge in [0.15, 0.2) is 13.5 Å². The van der Waals surface area contributed by atoms with Gasteiger partial charge in [0.25, 0.3) is 0 Å². The summed E-state index contributed by atoms with van der Waals surface area (Å²) in [6, 6.07) is 0. The molecule has 0 aromatic heterocycles. The van der Waals surface area contributed by atoms with Crippen LogP contribution in [0.15, 0.2) is 0 Å². The molecule has 0 aromatic carbocycles. The number of hydrogen-bond acceptors (Lipinski definition) is 4. The normalized spacial score (nSPS) is 14.5. The summed E-state index contributed by atoms with van der Waals surface area (Å²) in [7, 11) is 14.3. The van der Waals surface area contributed by atoms with Gasteiger partial charge in [-0.15, -0.1) is 0 Å². The van der Waals surface area contributed by atoms with Crippen LogP contribution in [-0.4, -0.2) is 103 Å². The lowest BCUT2D eigenvalue weighted by Crippen LogP contribution is -2.39. The van der Waals surface area contributed by atoms with Gasteiger partial charge >= 0.3 is 7.82 Å². The maximum Gasteiger partial charge on any atom is 0.483 e. The molecule has 0 spiro atoms. The summed E-state index contributed by atoms with van der Waals surface area (Å²) in [6.45, 7) is 1.58. The monoisotopic (exact) mass is 328 g/mol. The predicted octanol–water partition coefficient (Wildman–Crippen LogP) is 1.18. The third-order valence-electron chi connectivity index (χ3n) is 2.22. The van der Waals surface area contributed by atoms with Crippen LogP contribution < -0.4 is 0 Å². The summed E-state index contributed by atoms with van der Waals surface area (Å²) in [6.07, 6.45) is 0. The summed E-state index contributed by atoms with van der Waals surface area (Å²) >= 11 is 0. The molecule has 0 fully saturated rings. The van der Waals surface area contributed by atoms with Crippen LogP contribution in [0, 0.1) is 0 Å². The van der Waals surface area contributed by atoms with Gasteiger partial charge in [-0.25, -0.2) is 13.6 Å². The Morgan fingerprint density at radius 3 is 1.33 bits per heavy atom. The van der Waals surface area contributed by atoms with Crippen molar-refractivity contribution in [3.8, 4) is 0 Å². The van der Waals surface area contributed by atoms with Crippen LogP contribution >= 0.6 is 7.82 Å². The summed E-state index contributed by atoms with van der Waals surface area (Å²) < 4.78 is 30.9. The van der Waals surface area contributed by atoms with Gasteiger partial charge in [0.05, 0.1) is 63.4 Å². The fourth-order valence-corrected chi connectivity index (χ4v) is 2.53. The van der Waals surface area contributed by atoms with E-state index in [1.165, 1.54) is 0 Å². The zero-order chi connectivity index (χ0) is 16.9. The Kier molecular flexibility index (Phi) is 7.50. The summed E-state index contributed by atoms with van der Waals surface area (Å²) in [5, 5.41) is 0. The molecule has 0 amide bonds. The molecule has 0 aliphatic heterocycles. The molecule has 0 saturated heterocycles. The molecular weight excluding hydrogens is 293 g/mol. The topological polar surface area (TPSA) is 44.8 Å². The van der Waals surface area contributed by atoms with Crippen molar-refractivity contribution in [2.24, 2.45) is 0 Å². The van der Waals surface area contributed by atoms with E-state index in [2.05, 4.69) is 0 Å². The second-order valence-electron chi connectivity index (χ2n) is 8.39. The highest BCUT2D eigenvalue weighted by Crippen LogP contribution is 2.49. The van der Waals surface area contributed by atoms with E-state index in [9.17, 15) is 4.57 Å². The Hall–Kier alpha value is -0.0100. The lowest BCUT2D eigenvalue weighted by atomic mass is 10.5. The number of likely N-dealkylation sites (N-methyl/N-ethyl adjacent to an activating group) is 1. The molecule has 0 aromatic rings. The Morgan fingerprint density at radius 1 is 0.667 bits per heavy atom. The van der Waals surface area contributed by atoms with Crippen LogP contribution in [0.3, 0.4) is 0 Å². The molecule has 7 nitrogen and oxygen atoms in total. The van der Waals surface area contributed by atoms with Crippen molar-refractivity contribution in [1.82, 2.24) is 0 Å². The first-order valence-corrected chi connectivity index (χ1v) is 8.53. The van der Waals surface area contributed by atoms with E-state index in [1.54, 1.807) is 0 Å². The maximum absolute atomic E-state index is 12.7. The molecule has 0 saturated carbocycles.